The van der Waals surface area contributed by atoms with E-state index in [0.717, 1.165) is 5.75 Å². The molecule has 114 valence electrons. The number of nitrogens with zero attached hydrogens (tertiary/aromatic N) is 1. The van der Waals surface area contributed by atoms with Crippen LogP contribution in [0.15, 0.2) is 32.4 Å². The highest BCUT2D eigenvalue weighted by Crippen LogP contribution is 2.34. The normalized spacial score (nSPS) is 11.9. The van der Waals surface area contributed by atoms with Crippen molar-refractivity contribution < 1.29 is 8.81 Å². The summed E-state index contributed by atoms with van der Waals surface area (Å²) in [5, 5.41) is 0.921. The Morgan fingerprint density at radius 2 is 2.05 bits per heavy atom. The van der Waals surface area contributed by atoms with Gasteiger partial charge in [-0.25, -0.2) is 13.8 Å². The third kappa shape index (κ3) is 3.19. The molecule has 0 radical (unpaired) electrons. The van der Waals surface area contributed by atoms with E-state index in [4.69, 9.17) is 16.0 Å². The van der Waals surface area contributed by atoms with Crippen molar-refractivity contribution in [3.8, 4) is 5.69 Å². The van der Waals surface area contributed by atoms with Crippen molar-refractivity contribution in [1.29, 1.82) is 0 Å². The molecule has 1 heterocycles. The zero-order chi connectivity index (χ0) is 15.8. The molecule has 0 saturated carbocycles. The van der Waals surface area contributed by atoms with Crippen LogP contribution >= 0.6 is 23.4 Å². The molecule has 0 bridgehead atoms. The smallest absolute Gasteiger partial charge is 0.411 e. The lowest BCUT2D eigenvalue weighted by atomic mass is 9.94. The number of hydrogen-bond acceptors (Lipinski definition) is 3. The van der Waals surface area contributed by atoms with Crippen LogP contribution in [0, 0.1) is 5.82 Å². The molecule has 0 spiro atoms. The first-order chi connectivity index (χ1) is 9.75. The largest absolute Gasteiger partial charge is 0.424 e. The van der Waals surface area contributed by atoms with Gasteiger partial charge in [0.05, 0.1) is 5.69 Å². The summed E-state index contributed by atoms with van der Waals surface area (Å²) in [6.07, 6.45) is 0. The number of benzene rings is 1. The van der Waals surface area contributed by atoms with Gasteiger partial charge in [0, 0.05) is 10.4 Å². The van der Waals surface area contributed by atoms with Crippen molar-refractivity contribution in [2.24, 2.45) is 0 Å². The van der Waals surface area contributed by atoms with Gasteiger partial charge in [0.15, 0.2) is 0 Å². The van der Waals surface area contributed by atoms with E-state index in [1.54, 1.807) is 6.07 Å². The Balaban J connectivity index is 2.74. The van der Waals surface area contributed by atoms with Crippen LogP contribution in [0.25, 0.3) is 5.69 Å². The number of hydrogen-bond donors (Lipinski definition) is 0. The highest BCUT2D eigenvalue weighted by molar-refractivity contribution is 7.99. The third-order valence-electron chi connectivity index (χ3n) is 2.88. The molecule has 0 amide bonds. The fourth-order valence-corrected chi connectivity index (χ4v) is 3.19. The molecule has 2 rings (SSSR count). The maximum absolute atomic E-state index is 14.1. The topological polar surface area (TPSA) is 35.1 Å². The zero-order valence-electron chi connectivity index (χ0n) is 12.4. The van der Waals surface area contributed by atoms with Crippen LogP contribution in [0.3, 0.4) is 0 Å². The van der Waals surface area contributed by atoms with Crippen molar-refractivity contribution in [2.75, 3.05) is 5.75 Å². The Bertz CT molecular complexity index is 715. The quantitative estimate of drug-likeness (QED) is 0.770. The van der Waals surface area contributed by atoms with E-state index in [0.29, 0.717) is 10.8 Å². The molecule has 0 aliphatic rings. The predicted molar refractivity (Wildman–Crippen MR) is 84.4 cm³/mol. The number of halogens is 2. The molecule has 0 aliphatic heterocycles. The Morgan fingerprint density at radius 3 is 2.57 bits per heavy atom. The van der Waals surface area contributed by atoms with Crippen LogP contribution in [-0.2, 0) is 5.41 Å². The number of oxazole rings is 1. The highest BCUT2D eigenvalue weighted by atomic mass is 35.5. The SMILES string of the molecule is CCSc1c(C(C)(C)C)oc(=O)n1-c1ccc(Cl)cc1F. The van der Waals surface area contributed by atoms with Crippen molar-refractivity contribution in [1.82, 2.24) is 4.57 Å². The Labute approximate surface area is 132 Å². The van der Waals surface area contributed by atoms with E-state index in [1.165, 1.54) is 28.5 Å². The average molecular weight is 330 g/mol. The van der Waals surface area contributed by atoms with E-state index in [9.17, 15) is 9.18 Å². The minimum absolute atomic E-state index is 0.152. The van der Waals surface area contributed by atoms with Crippen LogP contribution in [0.4, 0.5) is 4.39 Å². The first-order valence-electron chi connectivity index (χ1n) is 6.60. The minimum atomic E-state index is -0.586. The standard InChI is InChI=1S/C15H17ClFNO2S/c1-5-21-13-12(15(2,3)4)20-14(19)18(13)11-7-6-9(16)8-10(11)17/h6-8H,5H2,1-4H3. The lowest BCUT2D eigenvalue weighted by Gasteiger charge is -2.17. The molecular formula is C15H17ClFNO2S. The third-order valence-corrected chi connectivity index (χ3v) is 4.05. The molecule has 1 aromatic heterocycles. The van der Waals surface area contributed by atoms with E-state index in [2.05, 4.69) is 0 Å². The monoisotopic (exact) mass is 329 g/mol. The number of thioether (sulfide) groups is 1. The molecular weight excluding hydrogens is 313 g/mol. The average Bonchev–Trinajstić information content (AvgIpc) is 2.67. The second-order valence-electron chi connectivity index (χ2n) is 5.62. The summed E-state index contributed by atoms with van der Waals surface area (Å²) in [6, 6.07) is 4.23. The molecule has 0 atom stereocenters. The van der Waals surface area contributed by atoms with Gasteiger partial charge >= 0.3 is 5.76 Å². The summed E-state index contributed by atoms with van der Waals surface area (Å²) in [5.74, 6) is 0.173. The van der Waals surface area contributed by atoms with E-state index < -0.39 is 11.6 Å². The van der Waals surface area contributed by atoms with E-state index >= 15 is 0 Å². The van der Waals surface area contributed by atoms with Gasteiger partial charge in [0.2, 0.25) is 0 Å². The van der Waals surface area contributed by atoms with Gasteiger partial charge in [-0.05, 0) is 24.0 Å². The number of rotatable bonds is 3. The molecule has 0 unspecified atom stereocenters. The van der Waals surface area contributed by atoms with Crippen LogP contribution in [0.1, 0.15) is 33.5 Å². The fourth-order valence-electron chi connectivity index (χ4n) is 1.97. The Morgan fingerprint density at radius 1 is 1.38 bits per heavy atom. The minimum Gasteiger partial charge on any atom is -0.411 e. The van der Waals surface area contributed by atoms with Crippen LogP contribution in [0.2, 0.25) is 5.02 Å². The van der Waals surface area contributed by atoms with E-state index in [1.807, 2.05) is 27.7 Å². The Kier molecular flexibility index (Phi) is 4.54. The van der Waals surface area contributed by atoms with E-state index in [-0.39, 0.29) is 16.1 Å². The maximum atomic E-state index is 14.1. The van der Waals surface area contributed by atoms with Crippen molar-refractivity contribution in [2.45, 2.75) is 38.1 Å². The summed E-state index contributed by atoms with van der Waals surface area (Å²) in [6.45, 7) is 7.83. The number of aromatic nitrogens is 1. The lowest BCUT2D eigenvalue weighted by Crippen LogP contribution is -2.15. The molecule has 6 heteroatoms. The predicted octanol–water partition coefficient (Wildman–Crippen LogP) is 4.63. The maximum Gasteiger partial charge on any atom is 0.424 e. The van der Waals surface area contributed by atoms with Crippen LogP contribution in [-0.4, -0.2) is 10.3 Å². The van der Waals surface area contributed by atoms with Crippen LogP contribution in [0.5, 0.6) is 0 Å². The first-order valence-corrected chi connectivity index (χ1v) is 7.96. The fraction of sp³-hybridized carbons (Fsp3) is 0.400. The summed E-state index contributed by atoms with van der Waals surface area (Å²) in [4.78, 5) is 12.2. The molecule has 0 aliphatic carbocycles. The summed E-state index contributed by atoms with van der Waals surface area (Å²) < 4.78 is 20.8. The van der Waals surface area contributed by atoms with Crippen molar-refractivity contribution in [3.63, 3.8) is 0 Å². The van der Waals surface area contributed by atoms with Gasteiger partial charge in [0.1, 0.15) is 16.6 Å². The molecule has 0 N–H and O–H groups in total. The second-order valence-corrected chi connectivity index (χ2v) is 7.31. The van der Waals surface area contributed by atoms with Crippen molar-refractivity contribution in [3.05, 3.63) is 45.3 Å². The van der Waals surface area contributed by atoms with Crippen molar-refractivity contribution >= 4 is 23.4 Å². The molecule has 3 nitrogen and oxygen atoms in total. The zero-order valence-corrected chi connectivity index (χ0v) is 13.9. The van der Waals surface area contributed by atoms with Gasteiger partial charge in [-0.15, -0.1) is 11.8 Å². The second kappa shape index (κ2) is 5.89. The van der Waals surface area contributed by atoms with Gasteiger partial charge in [0.25, 0.3) is 0 Å². The lowest BCUT2D eigenvalue weighted by molar-refractivity contribution is 0.380. The Hall–Kier alpha value is -1.20. The van der Waals surface area contributed by atoms with Gasteiger partial charge in [-0.2, -0.15) is 0 Å². The molecule has 1 aromatic carbocycles. The molecule has 0 fully saturated rings. The molecule has 0 saturated heterocycles. The van der Waals surface area contributed by atoms with Gasteiger partial charge in [-0.3, -0.25) is 0 Å². The molecule has 21 heavy (non-hydrogen) atoms. The van der Waals surface area contributed by atoms with Gasteiger partial charge in [-0.1, -0.05) is 39.3 Å². The van der Waals surface area contributed by atoms with Gasteiger partial charge < -0.3 is 4.42 Å². The summed E-state index contributed by atoms with van der Waals surface area (Å²) in [5.41, 5.74) is -0.190. The summed E-state index contributed by atoms with van der Waals surface area (Å²) >= 11 is 7.22. The highest BCUT2D eigenvalue weighted by Gasteiger charge is 2.28. The van der Waals surface area contributed by atoms with Crippen LogP contribution < -0.4 is 5.76 Å². The summed E-state index contributed by atoms with van der Waals surface area (Å²) in [7, 11) is 0. The molecule has 2 aromatic rings. The first kappa shape index (κ1) is 16.2.